The number of esters is 1. The lowest BCUT2D eigenvalue weighted by atomic mass is 10.1. The van der Waals surface area contributed by atoms with Crippen molar-refractivity contribution in [3.63, 3.8) is 0 Å². The topological polar surface area (TPSA) is 38.7 Å². The SMILES string of the molecule is C/C=C1\N=C(c2ccc3ccccc3c2)OC1=O. The van der Waals surface area contributed by atoms with E-state index < -0.39 is 0 Å². The van der Waals surface area contributed by atoms with Crippen LogP contribution >= 0.6 is 0 Å². The summed E-state index contributed by atoms with van der Waals surface area (Å²) in [4.78, 5) is 15.6. The number of nitrogens with zero attached hydrogens (tertiary/aromatic N) is 1. The van der Waals surface area contributed by atoms with Crippen molar-refractivity contribution in [2.24, 2.45) is 4.99 Å². The van der Waals surface area contributed by atoms with Gasteiger partial charge in [-0.3, -0.25) is 0 Å². The van der Waals surface area contributed by atoms with Gasteiger partial charge in [0.2, 0.25) is 5.90 Å². The number of hydrogen-bond acceptors (Lipinski definition) is 3. The van der Waals surface area contributed by atoms with Crippen molar-refractivity contribution in [3.05, 3.63) is 59.8 Å². The Labute approximate surface area is 104 Å². The molecule has 1 heterocycles. The Balaban J connectivity index is 2.08. The lowest BCUT2D eigenvalue weighted by Crippen LogP contribution is -2.05. The zero-order chi connectivity index (χ0) is 12.5. The van der Waals surface area contributed by atoms with Gasteiger partial charge in [-0.15, -0.1) is 0 Å². The lowest BCUT2D eigenvalue weighted by molar-refractivity contribution is -0.130. The van der Waals surface area contributed by atoms with Crippen molar-refractivity contribution in [3.8, 4) is 0 Å². The van der Waals surface area contributed by atoms with Gasteiger partial charge in [-0.2, -0.15) is 0 Å². The predicted octanol–water partition coefficient (Wildman–Crippen LogP) is 3.05. The number of carbonyl (C=O) groups is 1. The van der Waals surface area contributed by atoms with Gasteiger partial charge in [-0.05, 0) is 29.8 Å². The highest BCUT2D eigenvalue weighted by Gasteiger charge is 2.23. The van der Waals surface area contributed by atoms with Gasteiger partial charge in [-0.25, -0.2) is 9.79 Å². The molecule has 18 heavy (non-hydrogen) atoms. The van der Waals surface area contributed by atoms with E-state index in [-0.39, 0.29) is 5.97 Å². The third-order valence-corrected chi connectivity index (χ3v) is 2.89. The van der Waals surface area contributed by atoms with Crippen LogP contribution in [-0.2, 0) is 9.53 Å². The molecule has 0 fully saturated rings. The molecule has 1 aliphatic heterocycles. The highest BCUT2D eigenvalue weighted by molar-refractivity contribution is 6.12. The Bertz CT molecular complexity index is 698. The van der Waals surface area contributed by atoms with Gasteiger partial charge in [0.25, 0.3) is 0 Å². The number of fused-ring (bicyclic) bond motifs is 1. The van der Waals surface area contributed by atoms with E-state index in [0.29, 0.717) is 11.6 Å². The molecule has 3 rings (SSSR count). The molecule has 0 bridgehead atoms. The molecule has 88 valence electrons. The first-order valence-electron chi connectivity index (χ1n) is 5.74. The molecule has 0 spiro atoms. The molecule has 0 saturated heterocycles. The van der Waals surface area contributed by atoms with Crippen LogP contribution in [0.15, 0.2) is 59.2 Å². The van der Waals surface area contributed by atoms with Gasteiger partial charge in [0.15, 0.2) is 0 Å². The van der Waals surface area contributed by atoms with Crippen LogP contribution in [-0.4, -0.2) is 11.9 Å². The maximum Gasteiger partial charge on any atom is 0.363 e. The highest BCUT2D eigenvalue weighted by Crippen LogP contribution is 2.20. The highest BCUT2D eigenvalue weighted by atomic mass is 16.6. The summed E-state index contributed by atoms with van der Waals surface area (Å²) >= 11 is 0. The van der Waals surface area contributed by atoms with Crippen molar-refractivity contribution < 1.29 is 9.53 Å². The van der Waals surface area contributed by atoms with Crippen molar-refractivity contribution in [2.45, 2.75) is 6.92 Å². The molecule has 3 heteroatoms. The molecule has 0 radical (unpaired) electrons. The van der Waals surface area contributed by atoms with Gasteiger partial charge in [0.05, 0.1) is 0 Å². The molecular formula is C15H11NO2. The summed E-state index contributed by atoms with van der Waals surface area (Å²) in [6, 6.07) is 13.9. The molecule has 3 nitrogen and oxygen atoms in total. The molecular weight excluding hydrogens is 226 g/mol. The van der Waals surface area contributed by atoms with Gasteiger partial charge >= 0.3 is 5.97 Å². The Morgan fingerprint density at radius 2 is 1.89 bits per heavy atom. The molecule has 2 aromatic rings. The third-order valence-electron chi connectivity index (χ3n) is 2.89. The first kappa shape index (κ1) is 10.7. The fraction of sp³-hybridized carbons (Fsp3) is 0.0667. The Morgan fingerprint density at radius 1 is 1.11 bits per heavy atom. The molecule has 2 aromatic carbocycles. The van der Waals surface area contributed by atoms with Crippen LogP contribution in [0.5, 0.6) is 0 Å². The number of ether oxygens (including phenoxy) is 1. The van der Waals surface area contributed by atoms with Crippen LogP contribution in [0.1, 0.15) is 12.5 Å². The molecule has 0 atom stereocenters. The van der Waals surface area contributed by atoms with Crippen molar-refractivity contribution in [1.29, 1.82) is 0 Å². The van der Waals surface area contributed by atoms with Crippen molar-refractivity contribution >= 4 is 22.6 Å². The molecule has 1 aliphatic rings. The van der Waals surface area contributed by atoms with E-state index in [1.54, 1.807) is 13.0 Å². The van der Waals surface area contributed by atoms with E-state index in [1.165, 1.54) is 0 Å². The number of benzene rings is 2. The molecule has 0 aromatic heterocycles. The summed E-state index contributed by atoms with van der Waals surface area (Å²) < 4.78 is 5.14. The largest absolute Gasteiger partial charge is 0.402 e. The summed E-state index contributed by atoms with van der Waals surface area (Å²) in [7, 11) is 0. The van der Waals surface area contributed by atoms with Crippen LogP contribution in [0.3, 0.4) is 0 Å². The summed E-state index contributed by atoms with van der Waals surface area (Å²) in [6.07, 6.45) is 1.65. The van der Waals surface area contributed by atoms with Crippen LogP contribution < -0.4 is 0 Å². The second kappa shape index (κ2) is 4.11. The van der Waals surface area contributed by atoms with E-state index in [0.717, 1.165) is 16.3 Å². The lowest BCUT2D eigenvalue weighted by Gasteiger charge is -2.02. The second-order valence-corrected chi connectivity index (χ2v) is 4.04. The molecule has 0 saturated carbocycles. The first-order chi connectivity index (χ1) is 8.78. The van der Waals surface area contributed by atoms with E-state index in [1.807, 2.05) is 42.5 Å². The van der Waals surface area contributed by atoms with Gasteiger partial charge in [0.1, 0.15) is 5.70 Å². The number of aliphatic imine (C=N–C) groups is 1. The molecule has 0 aliphatic carbocycles. The molecule has 0 N–H and O–H groups in total. The van der Waals surface area contributed by atoms with Crippen molar-refractivity contribution in [1.82, 2.24) is 0 Å². The van der Waals surface area contributed by atoms with Gasteiger partial charge in [0, 0.05) is 5.56 Å². The van der Waals surface area contributed by atoms with E-state index in [9.17, 15) is 4.79 Å². The fourth-order valence-corrected chi connectivity index (χ4v) is 1.95. The summed E-state index contributed by atoms with van der Waals surface area (Å²) in [5.41, 5.74) is 1.18. The number of hydrogen-bond donors (Lipinski definition) is 0. The maximum atomic E-state index is 11.4. The van der Waals surface area contributed by atoms with Crippen LogP contribution in [0, 0.1) is 0 Å². The zero-order valence-corrected chi connectivity index (χ0v) is 9.88. The Morgan fingerprint density at radius 3 is 2.61 bits per heavy atom. The minimum absolute atomic E-state index is 0.359. The number of allylic oxidation sites excluding steroid dienone is 1. The number of carbonyl (C=O) groups excluding carboxylic acids is 1. The number of rotatable bonds is 1. The molecule has 0 amide bonds. The second-order valence-electron chi connectivity index (χ2n) is 4.04. The maximum absolute atomic E-state index is 11.4. The van der Waals surface area contributed by atoms with E-state index in [2.05, 4.69) is 4.99 Å². The van der Waals surface area contributed by atoms with Gasteiger partial charge in [-0.1, -0.05) is 36.4 Å². The van der Waals surface area contributed by atoms with Crippen LogP contribution in [0.25, 0.3) is 10.8 Å². The predicted molar refractivity (Wildman–Crippen MR) is 70.3 cm³/mol. The average Bonchev–Trinajstić information content (AvgIpc) is 2.79. The monoisotopic (exact) mass is 237 g/mol. The number of cyclic esters (lactones) is 1. The van der Waals surface area contributed by atoms with Crippen LogP contribution in [0.2, 0.25) is 0 Å². The standard InChI is InChI=1S/C15H11NO2/c1-2-13-15(17)18-14(16-13)12-8-7-10-5-3-4-6-11(10)9-12/h2-9H,1H3/b13-2-. The summed E-state index contributed by atoms with van der Waals surface area (Å²) in [6.45, 7) is 1.77. The van der Waals surface area contributed by atoms with E-state index >= 15 is 0 Å². The Kier molecular flexibility index (Phi) is 2.45. The smallest absolute Gasteiger partial charge is 0.363 e. The molecule has 0 unspecified atom stereocenters. The first-order valence-corrected chi connectivity index (χ1v) is 5.74. The van der Waals surface area contributed by atoms with Gasteiger partial charge < -0.3 is 4.74 Å². The summed E-state index contributed by atoms with van der Waals surface area (Å²) in [5, 5.41) is 2.25. The fourth-order valence-electron chi connectivity index (χ4n) is 1.95. The van der Waals surface area contributed by atoms with Crippen molar-refractivity contribution in [2.75, 3.05) is 0 Å². The summed E-state index contributed by atoms with van der Waals surface area (Å²) in [5.74, 6) is -0.0143. The zero-order valence-electron chi connectivity index (χ0n) is 9.88. The third kappa shape index (κ3) is 1.70. The van der Waals surface area contributed by atoms with E-state index in [4.69, 9.17) is 4.74 Å². The minimum atomic E-state index is -0.388. The quantitative estimate of drug-likeness (QED) is 0.564. The average molecular weight is 237 g/mol. The Hall–Kier alpha value is -2.42. The minimum Gasteiger partial charge on any atom is -0.402 e. The normalized spacial score (nSPS) is 17.1. The van der Waals surface area contributed by atoms with Crippen LogP contribution in [0.4, 0.5) is 0 Å².